The van der Waals surface area contributed by atoms with Crippen LogP contribution in [0.3, 0.4) is 0 Å². The molecular formula is C22H30N4O2. The molecule has 0 bridgehead atoms. The number of carbonyl (C=O) groups excluding carboxylic acids is 1. The molecule has 0 fully saturated rings. The number of nitrogens with zero attached hydrogens (tertiary/aromatic N) is 3. The first-order valence-electron chi connectivity index (χ1n) is 10.2. The fourth-order valence-electron chi connectivity index (χ4n) is 3.54. The number of carbonyl (C=O) groups is 1. The smallest absolute Gasteiger partial charge is 0.338 e. The molecular weight excluding hydrogens is 352 g/mol. The van der Waals surface area contributed by atoms with Crippen molar-refractivity contribution in [3.05, 3.63) is 53.0 Å². The second-order valence-electron chi connectivity index (χ2n) is 7.41. The van der Waals surface area contributed by atoms with Gasteiger partial charge in [-0.05, 0) is 25.8 Å². The third kappa shape index (κ3) is 4.61. The van der Waals surface area contributed by atoms with Gasteiger partial charge in [0, 0.05) is 5.70 Å². The molecule has 1 aromatic heterocycles. The Morgan fingerprint density at radius 1 is 1.11 bits per heavy atom. The van der Waals surface area contributed by atoms with Crippen molar-refractivity contribution >= 4 is 11.9 Å². The predicted molar refractivity (Wildman–Crippen MR) is 110 cm³/mol. The number of hydrogen-bond acceptors (Lipinski definition) is 5. The average molecular weight is 383 g/mol. The van der Waals surface area contributed by atoms with Crippen molar-refractivity contribution < 1.29 is 9.53 Å². The topological polar surface area (TPSA) is 69.0 Å². The zero-order valence-electron chi connectivity index (χ0n) is 17.1. The summed E-state index contributed by atoms with van der Waals surface area (Å²) >= 11 is 0. The molecule has 0 radical (unpaired) electrons. The minimum absolute atomic E-state index is 0.287. The van der Waals surface area contributed by atoms with Gasteiger partial charge in [0.2, 0.25) is 5.95 Å². The molecule has 0 saturated carbocycles. The maximum Gasteiger partial charge on any atom is 0.338 e. The van der Waals surface area contributed by atoms with Crippen molar-refractivity contribution in [3.63, 3.8) is 0 Å². The molecule has 28 heavy (non-hydrogen) atoms. The van der Waals surface area contributed by atoms with Crippen LogP contribution in [0.4, 0.5) is 5.95 Å². The second kappa shape index (κ2) is 9.53. The first kappa shape index (κ1) is 20.1. The van der Waals surface area contributed by atoms with E-state index in [0.717, 1.165) is 24.1 Å². The monoisotopic (exact) mass is 382 g/mol. The molecule has 1 atom stereocenters. The van der Waals surface area contributed by atoms with Gasteiger partial charge in [-0.25, -0.2) is 9.48 Å². The molecule has 1 N–H and O–H groups in total. The highest BCUT2D eigenvalue weighted by Gasteiger charge is 2.34. The van der Waals surface area contributed by atoms with Gasteiger partial charge < -0.3 is 10.1 Å². The van der Waals surface area contributed by atoms with Gasteiger partial charge in [0.05, 0.1) is 12.2 Å². The van der Waals surface area contributed by atoms with Crippen molar-refractivity contribution in [2.45, 2.75) is 65.3 Å². The Labute approximate surface area is 167 Å². The molecule has 0 amide bonds. The standard InChI is InChI=1S/C22H30N4O2/c1-4-5-6-7-8-9-14-28-21(27)19-17(3)25-22-23-15-24-26(22)20(19)18-12-10-16(2)11-13-18/h10-13,15,20H,4-9,14H2,1-3H3,(H,23,24,25). The summed E-state index contributed by atoms with van der Waals surface area (Å²) in [6.07, 6.45) is 8.46. The van der Waals surface area contributed by atoms with Crippen LogP contribution in [0.5, 0.6) is 0 Å². The van der Waals surface area contributed by atoms with Gasteiger partial charge in [0.25, 0.3) is 0 Å². The molecule has 6 nitrogen and oxygen atoms in total. The minimum atomic E-state index is -0.337. The quantitative estimate of drug-likeness (QED) is 0.499. The third-order valence-electron chi connectivity index (χ3n) is 5.14. The van der Waals surface area contributed by atoms with E-state index in [1.165, 1.54) is 37.6 Å². The molecule has 1 aromatic carbocycles. The number of nitrogens with one attached hydrogen (secondary N) is 1. The Hall–Kier alpha value is -2.63. The van der Waals surface area contributed by atoms with Crippen LogP contribution in [0.2, 0.25) is 0 Å². The largest absolute Gasteiger partial charge is 0.462 e. The zero-order chi connectivity index (χ0) is 19.9. The fourth-order valence-corrected chi connectivity index (χ4v) is 3.54. The summed E-state index contributed by atoms with van der Waals surface area (Å²) < 4.78 is 7.38. The lowest BCUT2D eigenvalue weighted by Gasteiger charge is -2.28. The number of aromatic nitrogens is 3. The Morgan fingerprint density at radius 3 is 2.57 bits per heavy atom. The Kier molecular flexibility index (Phi) is 6.85. The normalized spacial score (nSPS) is 15.9. The van der Waals surface area contributed by atoms with Crippen molar-refractivity contribution in [1.82, 2.24) is 14.8 Å². The van der Waals surface area contributed by atoms with E-state index in [1.54, 1.807) is 4.68 Å². The van der Waals surface area contributed by atoms with Crippen LogP contribution in [0.15, 0.2) is 41.9 Å². The maximum atomic E-state index is 12.9. The van der Waals surface area contributed by atoms with Crippen LogP contribution in [0.1, 0.15) is 69.5 Å². The lowest BCUT2D eigenvalue weighted by molar-refractivity contribution is -0.139. The first-order valence-corrected chi connectivity index (χ1v) is 10.2. The molecule has 3 rings (SSSR count). The van der Waals surface area contributed by atoms with Crippen LogP contribution in [-0.2, 0) is 9.53 Å². The summed E-state index contributed by atoms with van der Waals surface area (Å²) in [5.74, 6) is 0.348. The SMILES string of the molecule is CCCCCCCCOC(=O)C1=C(C)Nc2ncnn2C1c1ccc(C)cc1. The third-order valence-corrected chi connectivity index (χ3v) is 5.14. The van der Waals surface area contributed by atoms with Crippen LogP contribution in [0, 0.1) is 6.92 Å². The molecule has 0 aliphatic carbocycles. The molecule has 150 valence electrons. The van der Waals surface area contributed by atoms with Gasteiger partial charge in [-0.15, -0.1) is 0 Å². The molecule has 1 aliphatic heterocycles. The van der Waals surface area contributed by atoms with Crippen LogP contribution >= 0.6 is 0 Å². The lowest BCUT2D eigenvalue weighted by atomic mass is 9.95. The van der Waals surface area contributed by atoms with E-state index in [1.807, 2.05) is 38.1 Å². The van der Waals surface area contributed by atoms with E-state index in [4.69, 9.17) is 4.74 Å². The Morgan fingerprint density at radius 2 is 1.82 bits per heavy atom. The van der Waals surface area contributed by atoms with Crippen molar-refractivity contribution in [3.8, 4) is 0 Å². The summed E-state index contributed by atoms with van der Waals surface area (Å²) in [4.78, 5) is 17.2. The highest BCUT2D eigenvalue weighted by molar-refractivity contribution is 5.92. The van der Waals surface area contributed by atoms with E-state index in [-0.39, 0.29) is 12.0 Å². The fraction of sp³-hybridized carbons (Fsp3) is 0.500. The van der Waals surface area contributed by atoms with E-state index in [2.05, 4.69) is 22.3 Å². The number of rotatable bonds is 9. The number of hydrogen-bond donors (Lipinski definition) is 1. The lowest BCUT2D eigenvalue weighted by Crippen LogP contribution is -2.29. The summed E-state index contributed by atoms with van der Waals surface area (Å²) in [7, 11) is 0. The molecule has 2 heterocycles. The Balaban J connectivity index is 1.72. The van der Waals surface area contributed by atoms with Crippen LogP contribution in [-0.4, -0.2) is 27.3 Å². The average Bonchev–Trinajstić information content (AvgIpc) is 3.14. The van der Waals surface area contributed by atoms with Crippen LogP contribution < -0.4 is 5.32 Å². The maximum absolute atomic E-state index is 12.9. The van der Waals surface area contributed by atoms with Gasteiger partial charge in [0.1, 0.15) is 12.4 Å². The van der Waals surface area contributed by atoms with Crippen LogP contribution in [0.25, 0.3) is 0 Å². The van der Waals surface area contributed by atoms with Gasteiger partial charge in [-0.1, -0.05) is 68.9 Å². The Bertz CT molecular complexity index is 823. The van der Waals surface area contributed by atoms with Crippen molar-refractivity contribution in [2.24, 2.45) is 0 Å². The molecule has 0 saturated heterocycles. The number of anilines is 1. The van der Waals surface area contributed by atoms with Gasteiger partial charge in [0.15, 0.2) is 0 Å². The van der Waals surface area contributed by atoms with E-state index in [0.29, 0.717) is 18.1 Å². The predicted octanol–water partition coefficient (Wildman–Crippen LogP) is 4.78. The highest BCUT2D eigenvalue weighted by atomic mass is 16.5. The van der Waals surface area contributed by atoms with E-state index in [9.17, 15) is 4.79 Å². The number of esters is 1. The molecule has 2 aromatic rings. The van der Waals surface area contributed by atoms with Crippen molar-refractivity contribution in [1.29, 1.82) is 0 Å². The molecule has 6 heteroatoms. The first-order chi connectivity index (χ1) is 13.6. The highest BCUT2D eigenvalue weighted by Crippen LogP contribution is 2.35. The summed E-state index contributed by atoms with van der Waals surface area (Å²) in [5, 5.41) is 7.52. The summed E-state index contributed by atoms with van der Waals surface area (Å²) in [5.41, 5.74) is 3.51. The molecule has 1 unspecified atom stereocenters. The van der Waals surface area contributed by atoms with Gasteiger partial charge in [-0.2, -0.15) is 10.1 Å². The number of unbranched alkanes of at least 4 members (excludes halogenated alkanes) is 5. The number of ether oxygens (including phenoxy) is 1. The van der Waals surface area contributed by atoms with E-state index >= 15 is 0 Å². The molecule has 0 spiro atoms. The number of allylic oxidation sites excluding steroid dienone is 1. The second-order valence-corrected chi connectivity index (χ2v) is 7.41. The van der Waals surface area contributed by atoms with Crippen molar-refractivity contribution in [2.75, 3.05) is 11.9 Å². The van der Waals surface area contributed by atoms with E-state index < -0.39 is 0 Å². The number of benzene rings is 1. The van der Waals surface area contributed by atoms with Gasteiger partial charge in [-0.3, -0.25) is 0 Å². The minimum Gasteiger partial charge on any atom is -0.462 e. The summed E-state index contributed by atoms with van der Waals surface area (Å²) in [6, 6.07) is 7.82. The molecule has 1 aliphatic rings. The van der Waals surface area contributed by atoms with Gasteiger partial charge >= 0.3 is 5.97 Å². The number of aryl methyl sites for hydroxylation is 1. The summed E-state index contributed by atoms with van der Waals surface area (Å²) in [6.45, 7) is 6.60. The zero-order valence-corrected chi connectivity index (χ0v) is 17.1. The number of fused-ring (bicyclic) bond motifs is 1.